The summed E-state index contributed by atoms with van der Waals surface area (Å²) in [5.74, 6) is -0.697. The van der Waals surface area contributed by atoms with E-state index in [1.807, 2.05) is 0 Å². The smallest absolute Gasteiger partial charge is 0.414 e. The second-order valence-electron chi connectivity index (χ2n) is 6.65. The Morgan fingerprint density at radius 2 is 1.62 bits per heavy atom. The van der Waals surface area contributed by atoms with E-state index >= 15 is 0 Å². The molecule has 178 valence electrons. The van der Waals surface area contributed by atoms with Gasteiger partial charge in [0.2, 0.25) is 0 Å². The van der Waals surface area contributed by atoms with E-state index < -0.39 is 27.9 Å². The predicted octanol–water partition coefficient (Wildman–Crippen LogP) is 3.70. The van der Waals surface area contributed by atoms with Crippen molar-refractivity contribution in [3.05, 3.63) is 71.1 Å². The van der Waals surface area contributed by atoms with Gasteiger partial charge < -0.3 is 14.8 Å². The minimum Gasteiger partial charge on any atom is -0.497 e. The maximum absolute atomic E-state index is 12.6. The Hall–Kier alpha value is -3.90. The topological polar surface area (TPSA) is 140 Å². The number of carbonyl (C=O) groups excluding carboxylic acids is 3. The number of hydrogen-bond acceptors (Lipinski definition) is 8. The van der Waals surface area contributed by atoms with Crippen molar-refractivity contribution in [2.75, 3.05) is 23.8 Å². The molecule has 2 aromatic carbocycles. The van der Waals surface area contributed by atoms with Crippen molar-refractivity contribution in [3.8, 4) is 5.75 Å². The number of nitrogens with one attached hydrogen (secondary N) is 3. The second-order valence-corrected chi connectivity index (χ2v) is 9.25. The number of benzene rings is 2. The molecule has 0 saturated heterocycles. The van der Waals surface area contributed by atoms with Crippen LogP contribution in [0.15, 0.2) is 64.9 Å². The standard InChI is InChI=1S/C22H21N3O7S2/c1-3-32-22(28)24-20(27)18-12-13-33-21(18)23-19(26)14-4-6-15(7-5-14)25-34(29,30)17-10-8-16(31-2)9-11-17/h4-13,25H,3H2,1-2H3,(H,23,26)(H,24,27,28). The fourth-order valence-electron chi connectivity index (χ4n) is 2.75. The molecule has 3 amide bonds. The Bertz CT molecular complexity index is 1280. The number of amides is 3. The van der Waals surface area contributed by atoms with Crippen LogP contribution in [-0.4, -0.2) is 40.0 Å². The van der Waals surface area contributed by atoms with E-state index in [4.69, 9.17) is 4.74 Å². The molecule has 0 bridgehead atoms. The highest BCUT2D eigenvalue weighted by Crippen LogP contribution is 2.25. The molecule has 0 radical (unpaired) electrons. The van der Waals surface area contributed by atoms with E-state index in [2.05, 4.69) is 20.1 Å². The zero-order valence-corrected chi connectivity index (χ0v) is 19.8. The summed E-state index contributed by atoms with van der Waals surface area (Å²) in [5, 5.41) is 6.52. The first-order valence-electron chi connectivity index (χ1n) is 9.87. The van der Waals surface area contributed by atoms with E-state index in [1.54, 1.807) is 12.3 Å². The molecule has 0 fully saturated rings. The predicted molar refractivity (Wildman–Crippen MR) is 127 cm³/mol. The third-order valence-electron chi connectivity index (χ3n) is 4.40. The Kier molecular flexibility index (Phi) is 7.87. The van der Waals surface area contributed by atoms with Gasteiger partial charge in [-0.1, -0.05) is 0 Å². The van der Waals surface area contributed by atoms with Crippen molar-refractivity contribution < 1.29 is 32.3 Å². The molecule has 3 N–H and O–H groups in total. The van der Waals surface area contributed by atoms with Gasteiger partial charge in [0.15, 0.2) is 0 Å². The van der Waals surface area contributed by atoms with Crippen LogP contribution in [0.4, 0.5) is 15.5 Å². The van der Waals surface area contributed by atoms with Crippen molar-refractivity contribution >= 4 is 50.0 Å². The molecule has 3 rings (SSSR count). The normalized spacial score (nSPS) is 10.8. The van der Waals surface area contributed by atoms with Crippen LogP contribution >= 0.6 is 11.3 Å². The monoisotopic (exact) mass is 503 g/mol. The minimum atomic E-state index is -3.83. The molecule has 0 aliphatic carbocycles. The van der Waals surface area contributed by atoms with E-state index in [-0.39, 0.29) is 33.3 Å². The molecular weight excluding hydrogens is 482 g/mol. The summed E-state index contributed by atoms with van der Waals surface area (Å²) in [7, 11) is -2.35. The summed E-state index contributed by atoms with van der Waals surface area (Å²) in [5.41, 5.74) is 0.603. The molecule has 1 heterocycles. The number of ether oxygens (including phenoxy) is 2. The molecule has 3 aromatic rings. The van der Waals surface area contributed by atoms with Gasteiger partial charge in [0.1, 0.15) is 10.8 Å². The Morgan fingerprint density at radius 1 is 0.941 bits per heavy atom. The lowest BCUT2D eigenvalue weighted by atomic mass is 10.2. The van der Waals surface area contributed by atoms with Gasteiger partial charge in [-0.15, -0.1) is 11.3 Å². The maximum Gasteiger partial charge on any atom is 0.414 e. The van der Waals surface area contributed by atoms with Crippen molar-refractivity contribution in [2.24, 2.45) is 0 Å². The highest BCUT2D eigenvalue weighted by atomic mass is 32.2. The number of carbonyl (C=O) groups is 3. The zero-order chi connectivity index (χ0) is 24.7. The fourth-order valence-corrected chi connectivity index (χ4v) is 4.58. The third-order valence-corrected chi connectivity index (χ3v) is 6.62. The van der Waals surface area contributed by atoms with Gasteiger partial charge in [-0.05, 0) is 66.9 Å². The van der Waals surface area contributed by atoms with Crippen LogP contribution < -0.4 is 20.1 Å². The van der Waals surface area contributed by atoms with E-state index in [0.29, 0.717) is 5.75 Å². The summed E-state index contributed by atoms with van der Waals surface area (Å²) >= 11 is 1.11. The number of imide groups is 1. The summed E-state index contributed by atoms with van der Waals surface area (Å²) in [4.78, 5) is 36.4. The van der Waals surface area contributed by atoms with Gasteiger partial charge in [-0.25, -0.2) is 13.2 Å². The average molecular weight is 504 g/mol. The van der Waals surface area contributed by atoms with Gasteiger partial charge in [0.05, 0.1) is 24.2 Å². The summed E-state index contributed by atoms with van der Waals surface area (Å²) in [6.45, 7) is 1.72. The Morgan fingerprint density at radius 3 is 2.24 bits per heavy atom. The quantitative estimate of drug-likeness (QED) is 0.426. The van der Waals surface area contributed by atoms with Crippen molar-refractivity contribution in [3.63, 3.8) is 0 Å². The number of thiophene rings is 1. The largest absolute Gasteiger partial charge is 0.497 e. The van der Waals surface area contributed by atoms with Crippen LogP contribution in [0.1, 0.15) is 27.6 Å². The number of rotatable bonds is 8. The van der Waals surface area contributed by atoms with Crippen LogP contribution in [0.2, 0.25) is 0 Å². The maximum atomic E-state index is 12.6. The van der Waals surface area contributed by atoms with E-state index in [0.717, 1.165) is 11.3 Å². The molecule has 34 heavy (non-hydrogen) atoms. The minimum absolute atomic E-state index is 0.0569. The number of anilines is 2. The van der Waals surface area contributed by atoms with Crippen molar-refractivity contribution in [1.82, 2.24) is 5.32 Å². The lowest BCUT2D eigenvalue weighted by Crippen LogP contribution is -2.31. The first kappa shape index (κ1) is 24.7. The van der Waals surface area contributed by atoms with E-state index in [1.165, 1.54) is 61.7 Å². The van der Waals surface area contributed by atoms with Crippen LogP contribution in [0.3, 0.4) is 0 Å². The fraction of sp³-hybridized carbons (Fsp3) is 0.136. The average Bonchev–Trinajstić information content (AvgIpc) is 3.27. The Balaban J connectivity index is 1.66. The van der Waals surface area contributed by atoms with Gasteiger partial charge in [-0.2, -0.15) is 0 Å². The summed E-state index contributed by atoms with van der Waals surface area (Å²) in [6.07, 6.45) is -0.886. The molecule has 0 spiro atoms. The molecule has 0 saturated carbocycles. The molecule has 0 unspecified atom stereocenters. The molecule has 0 aliphatic heterocycles. The van der Waals surface area contributed by atoms with Gasteiger partial charge >= 0.3 is 6.09 Å². The summed E-state index contributed by atoms with van der Waals surface area (Å²) < 4.78 is 37.2. The zero-order valence-electron chi connectivity index (χ0n) is 18.2. The highest BCUT2D eigenvalue weighted by molar-refractivity contribution is 7.92. The van der Waals surface area contributed by atoms with Crippen molar-refractivity contribution in [2.45, 2.75) is 11.8 Å². The Labute approximate surface area is 199 Å². The first-order valence-corrected chi connectivity index (χ1v) is 12.2. The van der Waals surface area contributed by atoms with E-state index in [9.17, 15) is 22.8 Å². The molecular formula is C22H21N3O7S2. The number of sulfonamides is 1. The third kappa shape index (κ3) is 6.11. The second kappa shape index (κ2) is 10.8. The summed E-state index contributed by atoms with van der Waals surface area (Å²) in [6, 6.07) is 13.1. The number of hydrogen-bond donors (Lipinski definition) is 3. The lowest BCUT2D eigenvalue weighted by Gasteiger charge is -2.10. The molecule has 1 aromatic heterocycles. The lowest BCUT2D eigenvalue weighted by molar-refractivity contribution is 0.0926. The van der Waals surface area contributed by atoms with Crippen LogP contribution in [0, 0.1) is 0 Å². The molecule has 0 aliphatic rings. The SMILES string of the molecule is CCOC(=O)NC(=O)c1ccsc1NC(=O)c1ccc(NS(=O)(=O)c2ccc(OC)cc2)cc1. The van der Waals surface area contributed by atoms with Gasteiger partial charge in [0, 0.05) is 11.3 Å². The molecule has 12 heteroatoms. The molecule has 0 atom stereocenters. The van der Waals surface area contributed by atoms with Crippen molar-refractivity contribution in [1.29, 1.82) is 0 Å². The van der Waals surface area contributed by atoms with Gasteiger partial charge in [0.25, 0.3) is 21.8 Å². The first-order chi connectivity index (χ1) is 16.2. The number of methoxy groups -OCH3 is 1. The van der Waals surface area contributed by atoms with Gasteiger partial charge in [-0.3, -0.25) is 19.6 Å². The van der Waals surface area contributed by atoms with Crippen LogP contribution in [0.5, 0.6) is 5.75 Å². The highest BCUT2D eigenvalue weighted by Gasteiger charge is 2.19. The van der Waals surface area contributed by atoms with Crippen LogP contribution in [0.25, 0.3) is 0 Å². The number of alkyl carbamates (subject to hydrolysis) is 1. The van der Waals surface area contributed by atoms with Crippen LogP contribution in [-0.2, 0) is 14.8 Å². The molecule has 10 nitrogen and oxygen atoms in total.